The smallest absolute Gasteiger partial charge is 0.253 e. The van der Waals surface area contributed by atoms with Crippen LogP contribution in [0, 0.1) is 0 Å². The fourth-order valence-electron chi connectivity index (χ4n) is 1.47. The minimum atomic E-state index is -0.0159. The summed E-state index contributed by atoms with van der Waals surface area (Å²) in [5, 5.41) is 0. The lowest BCUT2D eigenvalue weighted by atomic mass is 9.85. The molecule has 1 rings (SSSR count). The maximum absolute atomic E-state index is 11.8. The van der Waals surface area contributed by atoms with Gasteiger partial charge in [0.2, 0.25) is 0 Å². The summed E-state index contributed by atoms with van der Waals surface area (Å²) in [6.07, 6.45) is 0. The van der Waals surface area contributed by atoms with Crippen molar-refractivity contribution in [2.75, 3.05) is 19.8 Å². The van der Waals surface area contributed by atoms with Gasteiger partial charge in [0.05, 0.1) is 0 Å². The Bertz CT molecular complexity index is 403. The summed E-state index contributed by atoms with van der Waals surface area (Å²) in [5.74, 6) is -0.0159. The van der Waals surface area contributed by atoms with Gasteiger partial charge in [-0.05, 0) is 29.2 Å². The van der Waals surface area contributed by atoms with Gasteiger partial charge in [0.25, 0.3) is 5.91 Å². The van der Waals surface area contributed by atoms with Gasteiger partial charge in [0, 0.05) is 25.3 Å². The maximum Gasteiger partial charge on any atom is 0.253 e. The number of carbonyl (C=O) groups is 1. The molecule has 0 aromatic heterocycles. The summed E-state index contributed by atoms with van der Waals surface area (Å²) in [6, 6.07) is 5.56. The Kier molecular flexibility index (Phi) is 5.89. The summed E-state index contributed by atoms with van der Waals surface area (Å²) < 4.78 is 0. The highest BCUT2D eigenvalue weighted by Crippen LogP contribution is 2.25. The van der Waals surface area contributed by atoms with E-state index < -0.39 is 0 Å². The zero-order valence-corrected chi connectivity index (χ0v) is 12.7. The molecule has 2 N–H and O–H groups in total. The van der Waals surface area contributed by atoms with Gasteiger partial charge in [-0.1, -0.05) is 34.6 Å². The fraction of sp³-hybridized carbons (Fsp3) is 0.533. The van der Waals surface area contributed by atoms with Gasteiger partial charge < -0.3 is 10.6 Å². The third kappa shape index (κ3) is 4.40. The van der Waals surface area contributed by atoms with E-state index in [4.69, 9.17) is 5.73 Å². The van der Waals surface area contributed by atoms with Crippen LogP contribution in [0.4, 0.5) is 5.69 Å². The van der Waals surface area contributed by atoms with Crippen LogP contribution in [0.2, 0.25) is 0 Å². The third-order valence-corrected chi connectivity index (χ3v) is 2.47. The van der Waals surface area contributed by atoms with E-state index in [1.807, 2.05) is 26.0 Å². The maximum atomic E-state index is 11.8. The summed E-state index contributed by atoms with van der Waals surface area (Å²) in [7, 11) is 3.48. The minimum absolute atomic E-state index is 0.00325. The number of nitrogen functional groups attached to an aromatic ring is 1. The molecule has 0 unspecified atom stereocenters. The Labute approximate surface area is 111 Å². The second-order valence-corrected chi connectivity index (χ2v) is 5.29. The second kappa shape index (κ2) is 6.43. The van der Waals surface area contributed by atoms with E-state index in [1.54, 1.807) is 25.1 Å². The number of nitrogens with zero attached hydrogens (tertiary/aromatic N) is 1. The predicted octanol–water partition coefficient (Wildman–Crippen LogP) is 3.29. The molecule has 0 heterocycles. The Hall–Kier alpha value is -1.51. The van der Waals surface area contributed by atoms with Gasteiger partial charge in [-0.3, -0.25) is 4.79 Å². The summed E-state index contributed by atoms with van der Waals surface area (Å²) in [5.41, 5.74) is 8.19. The van der Waals surface area contributed by atoms with E-state index in [0.29, 0.717) is 11.3 Å². The molecule has 1 amide bonds. The number of rotatable bonds is 1. The van der Waals surface area contributed by atoms with Crippen molar-refractivity contribution in [3.63, 3.8) is 0 Å². The summed E-state index contributed by atoms with van der Waals surface area (Å²) >= 11 is 0. The topological polar surface area (TPSA) is 46.3 Å². The number of hydrogen-bond donors (Lipinski definition) is 1. The van der Waals surface area contributed by atoms with E-state index in [2.05, 4.69) is 20.8 Å². The molecule has 0 saturated carbocycles. The first-order valence-electron chi connectivity index (χ1n) is 6.34. The molecular formula is C15H26N2O. The molecule has 18 heavy (non-hydrogen) atoms. The number of benzene rings is 1. The molecule has 0 aliphatic carbocycles. The normalized spacial score (nSPS) is 10.4. The lowest BCUT2D eigenvalue weighted by Gasteiger charge is -2.21. The van der Waals surface area contributed by atoms with E-state index >= 15 is 0 Å². The lowest BCUT2D eigenvalue weighted by Crippen LogP contribution is -2.23. The summed E-state index contributed by atoms with van der Waals surface area (Å²) in [6.45, 7) is 10.3. The number of amides is 1. The van der Waals surface area contributed by atoms with Gasteiger partial charge >= 0.3 is 0 Å². The average Bonchev–Trinajstić information content (AvgIpc) is 2.28. The van der Waals surface area contributed by atoms with Crippen molar-refractivity contribution < 1.29 is 4.79 Å². The number of anilines is 1. The third-order valence-electron chi connectivity index (χ3n) is 2.47. The average molecular weight is 250 g/mol. The first-order chi connectivity index (χ1) is 8.21. The first kappa shape index (κ1) is 16.5. The van der Waals surface area contributed by atoms with E-state index in [1.165, 1.54) is 0 Å². The largest absolute Gasteiger partial charge is 0.399 e. The minimum Gasteiger partial charge on any atom is -0.399 e. The molecule has 102 valence electrons. The van der Waals surface area contributed by atoms with Crippen molar-refractivity contribution in [3.05, 3.63) is 29.3 Å². The SMILES string of the molecule is CC.CN(C)C(=O)c1cc(N)cc(C(C)(C)C)c1. The molecule has 0 aliphatic heterocycles. The van der Waals surface area contributed by atoms with Crippen LogP contribution >= 0.6 is 0 Å². The standard InChI is InChI=1S/C13H20N2O.C2H6/c1-13(2,3)10-6-9(7-11(14)8-10)12(16)15(4)5;1-2/h6-8H,14H2,1-5H3;1-2H3. The van der Waals surface area contributed by atoms with Crippen LogP contribution in [0.1, 0.15) is 50.5 Å². The molecular weight excluding hydrogens is 224 g/mol. The van der Waals surface area contributed by atoms with Crippen LogP contribution < -0.4 is 5.73 Å². The lowest BCUT2D eigenvalue weighted by molar-refractivity contribution is 0.0827. The van der Waals surface area contributed by atoms with Crippen LogP contribution in [0.5, 0.6) is 0 Å². The highest BCUT2D eigenvalue weighted by atomic mass is 16.2. The second-order valence-electron chi connectivity index (χ2n) is 5.29. The molecule has 0 aliphatic rings. The van der Waals surface area contributed by atoms with Crippen LogP contribution in [0.25, 0.3) is 0 Å². The zero-order chi connectivity index (χ0) is 14.5. The number of carbonyl (C=O) groups excluding carboxylic acids is 1. The van der Waals surface area contributed by atoms with Crippen molar-refractivity contribution in [1.82, 2.24) is 4.90 Å². The van der Waals surface area contributed by atoms with Crippen molar-refractivity contribution in [2.24, 2.45) is 0 Å². The number of nitrogens with two attached hydrogens (primary N) is 1. The van der Waals surface area contributed by atoms with E-state index in [0.717, 1.165) is 5.56 Å². The van der Waals surface area contributed by atoms with Gasteiger partial charge in [-0.15, -0.1) is 0 Å². The van der Waals surface area contributed by atoms with Gasteiger partial charge in [0.15, 0.2) is 0 Å². The molecule has 0 fully saturated rings. The van der Waals surface area contributed by atoms with Gasteiger partial charge in [-0.25, -0.2) is 0 Å². The molecule has 0 radical (unpaired) electrons. The fourth-order valence-corrected chi connectivity index (χ4v) is 1.47. The highest BCUT2D eigenvalue weighted by Gasteiger charge is 2.17. The molecule has 0 bridgehead atoms. The molecule has 0 saturated heterocycles. The van der Waals surface area contributed by atoms with Crippen molar-refractivity contribution >= 4 is 11.6 Å². The molecule has 3 nitrogen and oxygen atoms in total. The molecule has 1 aromatic rings. The Balaban J connectivity index is 0.00000137. The van der Waals surface area contributed by atoms with Gasteiger partial charge in [-0.2, -0.15) is 0 Å². The monoisotopic (exact) mass is 250 g/mol. The molecule has 3 heteroatoms. The zero-order valence-electron chi connectivity index (χ0n) is 12.7. The van der Waals surface area contributed by atoms with Crippen LogP contribution in [-0.4, -0.2) is 24.9 Å². The molecule has 0 spiro atoms. The van der Waals surface area contributed by atoms with Crippen molar-refractivity contribution in [1.29, 1.82) is 0 Å². The van der Waals surface area contributed by atoms with Crippen molar-refractivity contribution in [3.8, 4) is 0 Å². The Morgan fingerprint density at radius 3 is 2.00 bits per heavy atom. The first-order valence-corrected chi connectivity index (χ1v) is 6.34. The summed E-state index contributed by atoms with van der Waals surface area (Å²) in [4.78, 5) is 13.4. The van der Waals surface area contributed by atoms with Crippen LogP contribution in [-0.2, 0) is 5.41 Å². The highest BCUT2D eigenvalue weighted by molar-refractivity contribution is 5.95. The Morgan fingerprint density at radius 1 is 1.11 bits per heavy atom. The van der Waals surface area contributed by atoms with Crippen molar-refractivity contribution in [2.45, 2.75) is 40.0 Å². The quantitative estimate of drug-likeness (QED) is 0.777. The molecule has 0 atom stereocenters. The Morgan fingerprint density at radius 2 is 1.61 bits per heavy atom. The molecule has 1 aromatic carbocycles. The van der Waals surface area contributed by atoms with Crippen LogP contribution in [0.15, 0.2) is 18.2 Å². The predicted molar refractivity (Wildman–Crippen MR) is 78.9 cm³/mol. The number of hydrogen-bond acceptors (Lipinski definition) is 2. The van der Waals surface area contributed by atoms with E-state index in [-0.39, 0.29) is 11.3 Å². The van der Waals surface area contributed by atoms with Gasteiger partial charge in [0.1, 0.15) is 0 Å². The van der Waals surface area contributed by atoms with E-state index in [9.17, 15) is 4.79 Å². The van der Waals surface area contributed by atoms with Crippen LogP contribution in [0.3, 0.4) is 0 Å².